The van der Waals surface area contributed by atoms with Gasteiger partial charge in [0.2, 0.25) is 0 Å². The van der Waals surface area contributed by atoms with Crippen LogP contribution < -0.4 is 10.6 Å². The van der Waals surface area contributed by atoms with Gasteiger partial charge in [0.1, 0.15) is 5.82 Å². The first-order valence-electron chi connectivity index (χ1n) is 4.66. The zero-order chi connectivity index (χ0) is 11.5. The van der Waals surface area contributed by atoms with E-state index in [-0.39, 0.29) is 0 Å². The van der Waals surface area contributed by atoms with Crippen molar-refractivity contribution in [2.45, 2.75) is 6.54 Å². The van der Waals surface area contributed by atoms with Gasteiger partial charge in [-0.25, -0.2) is 9.97 Å². The van der Waals surface area contributed by atoms with Gasteiger partial charge in [-0.15, -0.1) is 11.3 Å². The number of nitrogens with two attached hydrogens (primary N) is 1. The van der Waals surface area contributed by atoms with Crippen LogP contribution in [0.25, 0.3) is 0 Å². The Morgan fingerprint density at radius 3 is 2.94 bits per heavy atom. The molecular weight excluding hydrogens is 244 g/mol. The number of nitrogens with zero attached hydrogens (tertiary/aromatic N) is 3. The minimum atomic E-state index is 0.553. The smallest absolute Gasteiger partial charge is 0.147 e. The van der Waals surface area contributed by atoms with Gasteiger partial charge >= 0.3 is 0 Å². The molecule has 0 saturated heterocycles. The lowest BCUT2D eigenvalue weighted by atomic mass is 10.3. The quantitative estimate of drug-likeness (QED) is 0.914. The molecule has 2 N–H and O–H groups in total. The Hall–Kier alpha value is -1.33. The van der Waals surface area contributed by atoms with E-state index in [1.54, 1.807) is 29.1 Å². The summed E-state index contributed by atoms with van der Waals surface area (Å²) in [7, 11) is 1.92. The molecule has 0 aliphatic carbocycles. The molecular formula is C10H11ClN4S. The average Bonchev–Trinajstić information content (AvgIpc) is 2.70. The Bertz CT molecular complexity index is 472. The maximum absolute atomic E-state index is 6.06. The maximum atomic E-state index is 6.06. The number of anilines is 2. The van der Waals surface area contributed by atoms with Gasteiger partial charge in [-0.2, -0.15) is 0 Å². The largest absolute Gasteiger partial charge is 0.397 e. The third-order valence-electron chi connectivity index (χ3n) is 2.09. The van der Waals surface area contributed by atoms with Crippen molar-refractivity contribution < 1.29 is 0 Å². The summed E-state index contributed by atoms with van der Waals surface area (Å²) in [4.78, 5) is 10.4. The summed E-state index contributed by atoms with van der Waals surface area (Å²) in [6, 6.07) is 1.70. The highest BCUT2D eigenvalue weighted by Gasteiger charge is 2.09. The summed E-state index contributed by atoms with van der Waals surface area (Å²) in [5.41, 5.74) is 8.96. The SMILES string of the molecule is CN(Cc1cscn1)c1ncc(N)cc1Cl. The fourth-order valence-electron chi connectivity index (χ4n) is 1.36. The lowest BCUT2D eigenvalue weighted by Crippen LogP contribution is -2.18. The van der Waals surface area contributed by atoms with E-state index in [0.29, 0.717) is 23.1 Å². The van der Waals surface area contributed by atoms with E-state index in [1.807, 2.05) is 17.3 Å². The number of hydrogen-bond donors (Lipinski definition) is 1. The van der Waals surface area contributed by atoms with E-state index in [9.17, 15) is 0 Å². The Morgan fingerprint density at radius 2 is 2.31 bits per heavy atom. The molecule has 0 radical (unpaired) electrons. The first-order chi connectivity index (χ1) is 7.66. The molecule has 0 aliphatic heterocycles. The molecule has 4 nitrogen and oxygen atoms in total. The summed E-state index contributed by atoms with van der Waals surface area (Å²) in [6.45, 7) is 0.681. The molecule has 2 aromatic heterocycles. The zero-order valence-electron chi connectivity index (χ0n) is 8.72. The van der Waals surface area contributed by atoms with Gasteiger partial charge in [0.05, 0.1) is 34.7 Å². The Balaban J connectivity index is 2.17. The fraction of sp³-hybridized carbons (Fsp3) is 0.200. The van der Waals surface area contributed by atoms with Crippen LogP contribution in [-0.4, -0.2) is 17.0 Å². The minimum Gasteiger partial charge on any atom is -0.397 e. The summed E-state index contributed by atoms with van der Waals surface area (Å²) in [5.74, 6) is 0.712. The molecule has 2 aromatic rings. The van der Waals surface area contributed by atoms with Crippen LogP contribution in [0.3, 0.4) is 0 Å². The van der Waals surface area contributed by atoms with E-state index < -0.39 is 0 Å². The number of aromatic nitrogens is 2. The zero-order valence-corrected chi connectivity index (χ0v) is 10.3. The highest BCUT2D eigenvalue weighted by molar-refractivity contribution is 7.07. The average molecular weight is 255 g/mol. The third-order valence-corrected chi connectivity index (χ3v) is 3.00. The first kappa shape index (κ1) is 11.2. The molecule has 0 aliphatic rings. The predicted octanol–water partition coefficient (Wildman–Crippen LogP) is 2.41. The fourth-order valence-corrected chi connectivity index (χ4v) is 2.23. The lowest BCUT2D eigenvalue weighted by molar-refractivity contribution is 0.875. The molecule has 2 rings (SSSR count). The number of halogens is 1. The van der Waals surface area contributed by atoms with Crippen molar-refractivity contribution in [1.29, 1.82) is 0 Å². The van der Waals surface area contributed by atoms with Crippen LogP contribution in [0.5, 0.6) is 0 Å². The van der Waals surface area contributed by atoms with Crippen LogP contribution >= 0.6 is 22.9 Å². The Labute approximate surface area is 103 Å². The van der Waals surface area contributed by atoms with Crippen molar-refractivity contribution in [2.24, 2.45) is 0 Å². The first-order valence-corrected chi connectivity index (χ1v) is 5.98. The molecule has 0 saturated carbocycles. The number of thiazole rings is 1. The lowest BCUT2D eigenvalue weighted by Gasteiger charge is -2.18. The molecule has 0 spiro atoms. The monoisotopic (exact) mass is 254 g/mol. The maximum Gasteiger partial charge on any atom is 0.147 e. The van der Waals surface area contributed by atoms with Crippen LogP contribution in [0.4, 0.5) is 11.5 Å². The van der Waals surface area contributed by atoms with Crippen molar-refractivity contribution in [1.82, 2.24) is 9.97 Å². The van der Waals surface area contributed by atoms with Gasteiger partial charge in [0.15, 0.2) is 0 Å². The predicted molar refractivity (Wildman–Crippen MR) is 67.9 cm³/mol. The molecule has 6 heteroatoms. The normalized spacial score (nSPS) is 10.4. The van der Waals surface area contributed by atoms with Crippen LogP contribution in [-0.2, 0) is 6.54 Å². The Kier molecular flexibility index (Phi) is 3.26. The van der Waals surface area contributed by atoms with Crippen molar-refractivity contribution in [3.63, 3.8) is 0 Å². The minimum absolute atomic E-state index is 0.553. The highest BCUT2D eigenvalue weighted by Crippen LogP contribution is 2.24. The van der Waals surface area contributed by atoms with E-state index in [4.69, 9.17) is 17.3 Å². The molecule has 0 atom stereocenters. The molecule has 0 unspecified atom stereocenters. The second-order valence-corrected chi connectivity index (χ2v) is 4.54. The van der Waals surface area contributed by atoms with Crippen molar-refractivity contribution >= 4 is 34.4 Å². The molecule has 0 bridgehead atoms. The van der Waals surface area contributed by atoms with E-state index in [2.05, 4.69) is 9.97 Å². The number of nitrogen functional groups attached to an aromatic ring is 1. The summed E-state index contributed by atoms with van der Waals surface area (Å²) < 4.78 is 0. The van der Waals surface area contributed by atoms with Gasteiger partial charge in [-0.1, -0.05) is 11.6 Å². The summed E-state index contributed by atoms with van der Waals surface area (Å²) in [6.07, 6.45) is 1.60. The molecule has 2 heterocycles. The van der Waals surface area contributed by atoms with Crippen LogP contribution in [0.2, 0.25) is 5.02 Å². The van der Waals surface area contributed by atoms with Crippen LogP contribution in [0.1, 0.15) is 5.69 Å². The van der Waals surface area contributed by atoms with Gasteiger partial charge in [0, 0.05) is 12.4 Å². The molecule has 84 valence electrons. The standard InChI is InChI=1S/C10H11ClN4S/c1-15(4-8-5-16-6-14-8)10-9(11)2-7(12)3-13-10/h2-3,5-6H,4,12H2,1H3. The van der Waals surface area contributed by atoms with Crippen molar-refractivity contribution in [2.75, 3.05) is 17.7 Å². The third kappa shape index (κ3) is 2.43. The van der Waals surface area contributed by atoms with Crippen molar-refractivity contribution in [3.8, 4) is 0 Å². The van der Waals surface area contributed by atoms with Gasteiger partial charge in [-0.3, -0.25) is 0 Å². The molecule has 0 amide bonds. The number of rotatable bonds is 3. The van der Waals surface area contributed by atoms with E-state index in [0.717, 1.165) is 5.69 Å². The molecule has 0 aromatic carbocycles. The number of pyridine rings is 1. The summed E-state index contributed by atoms with van der Waals surface area (Å²) in [5, 5.41) is 2.56. The second kappa shape index (κ2) is 4.67. The molecule has 16 heavy (non-hydrogen) atoms. The van der Waals surface area contributed by atoms with Gasteiger partial charge in [-0.05, 0) is 6.07 Å². The summed E-state index contributed by atoms with van der Waals surface area (Å²) >= 11 is 7.63. The van der Waals surface area contributed by atoms with Crippen LogP contribution in [0.15, 0.2) is 23.2 Å². The van der Waals surface area contributed by atoms with E-state index >= 15 is 0 Å². The molecule has 0 fully saturated rings. The van der Waals surface area contributed by atoms with Gasteiger partial charge in [0.25, 0.3) is 0 Å². The van der Waals surface area contributed by atoms with E-state index in [1.165, 1.54) is 0 Å². The van der Waals surface area contributed by atoms with Crippen molar-refractivity contribution in [3.05, 3.63) is 33.9 Å². The highest BCUT2D eigenvalue weighted by atomic mass is 35.5. The Morgan fingerprint density at radius 1 is 1.50 bits per heavy atom. The number of hydrogen-bond acceptors (Lipinski definition) is 5. The topological polar surface area (TPSA) is 55.0 Å². The van der Waals surface area contributed by atoms with Crippen LogP contribution in [0, 0.1) is 0 Å². The second-order valence-electron chi connectivity index (χ2n) is 3.41. The van der Waals surface area contributed by atoms with Gasteiger partial charge < -0.3 is 10.6 Å².